The van der Waals surface area contributed by atoms with Crippen LogP contribution in [0.25, 0.3) is 17.2 Å². The molecule has 2 N–H and O–H groups in total. The number of nitrogens with one attached hydrogen (secondary N) is 1. The fourth-order valence-electron chi connectivity index (χ4n) is 5.66. The molecule has 6 atom stereocenters. The zero-order valence-electron chi connectivity index (χ0n) is 19.7. The molecular weight excluding hydrogens is 435 g/mol. The van der Waals surface area contributed by atoms with Gasteiger partial charge in [0, 0.05) is 24.2 Å². The van der Waals surface area contributed by atoms with E-state index >= 15 is 0 Å². The Hall–Kier alpha value is -3.06. The van der Waals surface area contributed by atoms with Gasteiger partial charge in [0.15, 0.2) is 5.41 Å². The summed E-state index contributed by atoms with van der Waals surface area (Å²) in [4.78, 5) is 30.7. The lowest BCUT2D eigenvalue weighted by Crippen LogP contribution is -2.56. The first-order valence-electron chi connectivity index (χ1n) is 11.8. The van der Waals surface area contributed by atoms with E-state index in [4.69, 9.17) is 9.84 Å². The summed E-state index contributed by atoms with van der Waals surface area (Å²) >= 11 is 0. The Balaban J connectivity index is 1.62. The molecule has 2 aliphatic rings. The van der Waals surface area contributed by atoms with Crippen molar-refractivity contribution in [3.8, 4) is 11.1 Å². The third kappa shape index (κ3) is 4.25. The van der Waals surface area contributed by atoms with Gasteiger partial charge in [0.1, 0.15) is 11.9 Å². The van der Waals surface area contributed by atoms with Gasteiger partial charge in [-0.25, -0.2) is 4.39 Å². The SMILES string of the molecule is CC1C[C@@]2(C(=O)NCCO)C(=O)OC(C)C2C(/C=C/c2ccc(-c3cccc(F)c3)cn2)C1C. The third-order valence-corrected chi connectivity index (χ3v) is 7.53. The minimum absolute atomic E-state index is 0.0743. The van der Waals surface area contributed by atoms with Gasteiger partial charge in [0.05, 0.1) is 12.3 Å². The van der Waals surface area contributed by atoms with Crippen LogP contribution in [0.3, 0.4) is 0 Å². The molecular formula is C27H31FN2O4. The van der Waals surface area contributed by atoms with Crippen molar-refractivity contribution in [2.75, 3.05) is 13.2 Å². The van der Waals surface area contributed by atoms with Crippen molar-refractivity contribution >= 4 is 18.0 Å². The summed E-state index contributed by atoms with van der Waals surface area (Å²) in [5.74, 6) is -1.18. The van der Waals surface area contributed by atoms with Gasteiger partial charge in [-0.2, -0.15) is 0 Å². The summed E-state index contributed by atoms with van der Waals surface area (Å²) in [6, 6.07) is 10.1. The number of ether oxygens (including phenoxy) is 1. The number of hydrogen-bond acceptors (Lipinski definition) is 5. The van der Waals surface area contributed by atoms with E-state index < -0.39 is 17.5 Å². The second kappa shape index (κ2) is 9.66. The zero-order valence-corrected chi connectivity index (χ0v) is 19.7. The largest absolute Gasteiger partial charge is 0.461 e. The van der Waals surface area contributed by atoms with Gasteiger partial charge in [-0.1, -0.05) is 38.1 Å². The second-order valence-corrected chi connectivity index (χ2v) is 9.55. The van der Waals surface area contributed by atoms with Crippen molar-refractivity contribution in [1.82, 2.24) is 10.3 Å². The Morgan fingerprint density at radius 3 is 2.74 bits per heavy atom. The predicted molar refractivity (Wildman–Crippen MR) is 127 cm³/mol. The van der Waals surface area contributed by atoms with Crippen LogP contribution in [0.4, 0.5) is 4.39 Å². The maximum Gasteiger partial charge on any atom is 0.322 e. The molecule has 7 heteroatoms. The van der Waals surface area contributed by atoms with Gasteiger partial charge in [0.2, 0.25) is 5.91 Å². The molecule has 2 heterocycles. The van der Waals surface area contributed by atoms with Crippen LogP contribution in [0.1, 0.15) is 32.9 Å². The maximum atomic E-state index is 13.5. The Morgan fingerprint density at radius 1 is 1.26 bits per heavy atom. The molecule has 2 fully saturated rings. The fourth-order valence-corrected chi connectivity index (χ4v) is 5.66. The fraction of sp³-hybridized carbons (Fsp3) is 0.444. The molecule has 0 spiro atoms. The lowest BCUT2D eigenvalue weighted by Gasteiger charge is -2.46. The van der Waals surface area contributed by atoms with Crippen molar-refractivity contribution < 1.29 is 23.8 Å². The van der Waals surface area contributed by atoms with Gasteiger partial charge in [0.25, 0.3) is 0 Å². The summed E-state index contributed by atoms with van der Waals surface area (Å²) in [7, 11) is 0. The number of pyridine rings is 1. The van der Waals surface area contributed by atoms with Gasteiger partial charge < -0.3 is 15.2 Å². The van der Waals surface area contributed by atoms with E-state index in [1.165, 1.54) is 12.1 Å². The number of carbonyl (C=O) groups excluding carboxylic acids is 2. The van der Waals surface area contributed by atoms with Gasteiger partial charge >= 0.3 is 5.97 Å². The standard InChI is InChI=1S/C27H31FN2O4/c1-16-14-27(25(32)29-11-12-31)24(18(3)34-26(27)33)23(17(16)2)10-9-22-8-7-20(15-30-22)19-5-4-6-21(28)13-19/h4-10,13,15-18,23-24,31H,11-12,14H2,1-3H3,(H,29,32)/b10-9+/t16?,17?,18?,23?,24?,27-/m1/s1. The van der Waals surface area contributed by atoms with E-state index in [2.05, 4.69) is 24.1 Å². The van der Waals surface area contributed by atoms with E-state index in [9.17, 15) is 14.0 Å². The molecule has 1 aliphatic heterocycles. The van der Waals surface area contributed by atoms with Crippen molar-refractivity contribution in [1.29, 1.82) is 0 Å². The van der Waals surface area contributed by atoms with Crippen LogP contribution in [0.15, 0.2) is 48.7 Å². The summed E-state index contributed by atoms with van der Waals surface area (Å²) in [6.45, 7) is 5.96. The summed E-state index contributed by atoms with van der Waals surface area (Å²) < 4.78 is 19.2. The van der Waals surface area contributed by atoms with E-state index in [0.29, 0.717) is 6.42 Å². The van der Waals surface area contributed by atoms with Crippen molar-refractivity contribution in [3.05, 3.63) is 60.2 Å². The number of amides is 1. The molecule has 0 bridgehead atoms. The smallest absolute Gasteiger partial charge is 0.322 e. The molecule has 180 valence electrons. The van der Waals surface area contributed by atoms with Crippen molar-refractivity contribution in [2.24, 2.45) is 29.1 Å². The molecule has 5 unspecified atom stereocenters. The number of benzene rings is 1. The molecule has 1 saturated heterocycles. The Bertz CT molecular complexity index is 1090. The van der Waals surface area contributed by atoms with Gasteiger partial charge in [-0.05, 0) is 60.9 Å². The van der Waals surface area contributed by atoms with Crippen molar-refractivity contribution in [2.45, 2.75) is 33.3 Å². The summed E-state index contributed by atoms with van der Waals surface area (Å²) in [5, 5.41) is 11.9. The normalized spacial score (nSPS) is 30.7. The number of aromatic nitrogens is 1. The lowest BCUT2D eigenvalue weighted by atomic mass is 9.54. The first kappa shape index (κ1) is 24.1. The Morgan fingerprint density at radius 2 is 2.06 bits per heavy atom. The third-order valence-electron chi connectivity index (χ3n) is 7.53. The van der Waals surface area contributed by atoms with E-state index in [1.54, 1.807) is 12.3 Å². The number of aliphatic hydroxyl groups excluding tert-OH is 1. The molecule has 2 aromatic rings. The predicted octanol–water partition coefficient (Wildman–Crippen LogP) is 3.85. The van der Waals surface area contributed by atoms with Crippen LogP contribution >= 0.6 is 0 Å². The first-order valence-corrected chi connectivity index (χ1v) is 11.8. The quantitative estimate of drug-likeness (QED) is 0.499. The number of cyclic esters (lactones) is 1. The van der Waals surface area contributed by atoms with Crippen LogP contribution in [-0.4, -0.2) is 41.2 Å². The zero-order chi connectivity index (χ0) is 24.5. The second-order valence-electron chi connectivity index (χ2n) is 9.55. The topological polar surface area (TPSA) is 88.5 Å². The molecule has 1 aromatic carbocycles. The molecule has 1 aliphatic carbocycles. The number of rotatable bonds is 6. The minimum atomic E-state index is -1.26. The van der Waals surface area contributed by atoms with Gasteiger partial charge in [-0.15, -0.1) is 0 Å². The number of allylic oxidation sites excluding steroid dienone is 1. The molecule has 0 radical (unpaired) electrons. The van der Waals surface area contributed by atoms with Crippen LogP contribution in [0.5, 0.6) is 0 Å². The monoisotopic (exact) mass is 466 g/mol. The highest BCUT2D eigenvalue weighted by molar-refractivity contribution is 6.04. The Kier molecular flexibility index (Phi) is 6.84. The Labute approximate surface area is 199 Å². The van der Waals surface area contributed by atoms with E-state index in [-0.39, 0.29) is 48.5 Å². The average molecular weight is 467 g/mol. The number of hydrogen-bond donors (Lipinski definition) is 2. The number of nitrogens with zero attached hydrogens (tertiary/aromatic N) is 1. The first-order chi connectivity index (χ1) is 16.3. The number of carbonyl (C=O) groups is 2. The molecule has 6 nitrogen and oxygen atoms in total. The molecule has 1 saturated carbocycles. The van der Waals surface area contributed by atoms with E-state index in [0.717, 1.165) is 16.8 Å². The molecule has 1 aromatic heterocycles. The number of esters is 1. The molecule has 4 rings (SSSR count). The van der Waals surface area contributed by atoms with E-state index in [1.807, 2.05) is 37.3 Å². The van der Waals surface area contributed by atoms with Crippen LogP contribution in [0.2, 0.25) is 0 Å². The average Bonchev–Trinajstić information content (AvgIpc) is 3.08. The summed E-state index contributed by atoms with van der Waals surface area (Å²) in [5.41, 5.74) is 1.05. The highest BCUT2D eigenvalue weighted by Gasteiger charge is 2.66. The lowest BCUT2D eigenvalue weighted by molar-refractivity contribution is -0.157. The number of halogens is 1. The summed E-state index contributed by atoms with van der Waals surface area (Å²) in [6.07, 6.45) is 5.69. The van der Waals surface area contributed by atoms with Crippen LogP contribution in [-0.2, 0) is 14.3 Å². The highest BCUT2D eigenvalue weighted by atomic mass is 19.1. The van der Waals surface area contributed by atoms with Crippen LogP contribution in [0, 0.1) is 34.9 Å². The highest BCUT2D eigenvalue weighted by Crippen LogP contribution is 2.56. The minimum Gasteiger partial charge on any atom is -0.461 e. The molecule has 34 heavy (non-hydrogen) atoms. The number of aliphatic hydroxyl groups is 1. The van der Waals surface area contributed by atoms with Crippen molar-refractivity contribution in [3.63, 3.8) is 0 Å². The number of fused-ring (bicyclic) bond motifs is 1. The molecule has 1 amide bonds. The van der Waals surface area contributed by atoms with Crippen LogP contribution < -0.4 is 5.32 Å². The van der Waals surface area contributed by atoms with Gasteiger partial charge in [-0.3, -0.25) is 14.6 Å². The maximum absolute atomic E-state index is 13.5.